The van der Waals surface area contributed by atoms with E-state index >= 15 is 4.79 Å². The van der Waals surface area contributed by atoms with Crippen LogP contribution in [0.3, 0.4) is 0 Å². The molecule has 0 amide bonds. The first kappa shape index (κ1) is 99.5. The number of esters is 1. The highest BCUT2D eigenvalue weighted by Gasteiger charge is 2.72. The number of ether oxygens (including phenoxy) is 18. The third kappa shape index (κ3) is 18.0. The van der Waals surface area contributed by atoms with Crippen molar-refractivity contribution in [2.75, 3.05) is 39.6 Å². The summed E-state index contributed by atoms with van der Waals surface area (Å²) in [6.45, 7) is 15.2. The number of allylic oxidation sites excluding steroid dienone is 2. The van der Waals surface area contributed by atoms with Crippen molar-refractivity contribution in [2.45, 2.75) is 403 Å². The fourth-order valence-corrected chi connectivity index (χ4v) is 22.9. The summed E-state index contributed by atoms with van der Waals surface area (Å²) in [6, 6.07) is 0. The Kier molecular flexibility index (Phi) is 30.2. The lowest BCUT2D eigenvalue weighted by molar-refractivity contribution is -0.383. The van der Waals surface area contributed by atoms with Crippen LogP contribution in [0.4, 0.5) is 0 Å². The van der Waals surface area contributed by atoms with E-state index in [4.69, 9.17) is 85.3 Å². The molecule has 9 saturated heterocycles. The van der Waals surface area contributed by atoms with Crippen LogP contribution in [-0.2, 0) is 90.1 Å². The minimum Gasteiger partial charge on any atom is -0.432 e. The van der Waals surface area contributed by atoms with E-state index in [9.17, 15) is 128 Å². The van der Waals surface area contributed by atoms with Gasteiger partial charge in [0.1, 0.15) is 189 Å². The third-order valence-corrected chi connectivity index (χ3v) is 31.2. The average molecular weight is 1820 g/mol. The molecule has 5 aliphatic carbocycles. The largest absolute Gasteiger partial charge is 0.432 e. The number of rotatable bonds is 22. The van der Waals surface area contributed by atoms with Gasteiger partial charge in [0.15, 0.2) is 50.3 Å². The first-order valence-corrected chi connectivity index (χ1v) is 43.9. The Balaban J connectivity index is 0.594. The highest BCUT2D eigenvalue weighted by molar-refractivity contribution is 5.79. The van der Waals surface area contributed by atoms with Crippen LogP contribution in [0.2, 0.25) is 0 Å². The molecule has 9 heterocycles. The summed E-state index contributed by atoms with van der Waals surface area (Å²) in [4.78, 5) is 15.5. The molecule has 126 heavy (non-hydrogen) atoms. The zero-order valence-electron chi connectivity index (χ0n) is 71.8. The van der Waals surface area contributed by atoms with Gasteiger partial charge in [0, 0.05) is 0 Å². The average Bonchev–Trinajstić information content (AvgIpc) is 0.671. The Hall–Kier alpha value is -2.47. The fraction of sp³-hybridized carbons (Fsp3) is 0.963. The Morgan fingerprint density at radius 1 is 0.389 bits per heavy atom. The van der Waals surface area contributed by atoms with E-state index in [2.05, 4.69) is 40.7 Å². The molecule has 14 rings (SSSR count). The van der Waals surface area contributed by atoms with E-state index < -0.39 is 355 Å². The van der Waals surface area contributed by atoms with E-state index in [1.165, 1.54) is 20.8 Å². The molecular weight excluding hydrogens is 1690 g/mol. The fourth-order valence-electron chi connectivity index (χ4n) is 22.9. The SMILES string of the molecule is C[C@@H]1O[C@@H](O[C@H]2[C@H](O[C@H]3CC[C@]4(C)[C@H]5CC=C6[C@@H]7CC(C)(C)[C@H](O)C[C@]7(C(=O)O[C@H]7O[C@H](CO[C@H]8O[C@H](CO)[C@@H](O[C@H]9O[C@H](C)[C@@H](O)[C@H](O)[C@@H]9O)[C@H](O)[C@H]8O)[C@@H](O)[C@H](O)[C@H]7O)CC[C@@]6(C)[C@]5(C)CC[C@H]4C3(C)C)OC[C@H](O)[C@@H]2O)[C@H](O)[C@H](O[C@@H]2OC[C@@H](O[C@@H]3O[C@H](CO[C@@H]4O[C@H](CO[C@@H]5O[C@H](C)[C@@H](O)[C@H](O)[C@@H]5O)[C@@H](O)[C@H](O)[C@H]4O)[C@@H](O)[C@H](O)[C@H]3O)[C@@H](O)[C@H]2O)[C@H]1O. The van der Waals surface area contributed by atoms with Gasteiger partial charge in [-0.3, -0.25) is 4.79 Å². The van der Waals surface area contributed by atoms with Gasteiger partial charge in [0.2, 0.25) is 6.29 Å². The lowest BCUT2D eigenvalue weighted by Gasteiger charge is -2.71. The van der Waals surface area contributed by atoms with Gasteiger partial charge in [-0.1, -0.05) is 60.1 Å². The molecule has 44 nitrogen and oxygen atoms in total. The lowest BCUT2D eigenvalue weighted by Crippen LogP contribution is -2.67. The number of carbonyl (C=O) groups excluding carboxylic acids is 1. The summed E-state index contributed by atoms with van der Waals surface area (Å²) in [7, 11) is 0. The zero-order chi connectivity index (χ0) is 91.9. The topological polar surface area (TPSA) is 689 Å². The summed E-state index contributed by atoms with van der Waals surface area (Å²) in [5.41, 5.74) is -2.99. The van der Waals surface area contributed by atoms with Crippen molar-refractivity contribution < 1.29 is 218 Å². The van der Waals surface area contributed by atoms with Gasteiger partial charge in [-0.25, -0.2) is 0 Å². The highest BCUT2D eigenvalue weighted by atomic mass is 16.8. The van der Waals surface area contributed by atoms with Crippen LogP contribution >= 0.6 is 0 Å². The number of fused-ring (bicyclic) bond motifs is 7. The van der Waals surface area contributed by atoms with Gasteiger partial charge in [-0.05, 0) is 123 Å². The van der Waals surface area contributed by atoms with Crippen molar-refractivity contribution in [3.8, 4) is 0 Å². The predicted octanol–water partition coefficient (Wildman–Crippen LogP) is -9.58. The van der Waals surface area contributed by atoms with Crippen LogP contribution in [0.15, 0.2) is 11.6 Å². The standard InChI is InChI=1S/C82H134O44/c1-27-42(86)50(94)57(101)67(114-27)110-23-34-46(90)52(96)58(102)68(118-34)111-24-35-47(91)53(97)60(104)72(119-35)120-37-26-113-70(56(100)49(37)93)124-65-44(88)29(3)116-74(63(65)107)125-66-45(89)32(84)22-109-75(66)122-41-14-15-79(8)38(78(41,6)7)13-16-81(10)39(79)12-11-30-31-19-77(4,5)40(85)20-82(31,18-17-80(30,81)9)76(108)126-73-61(105)54(98)48(92)36(121-73)25-112-69-62(106)55(99)64(33(21-83)117-69)123-71-59(103)51(95)43(87)28(2)115-71/h11,27-29,31-75,83-107H,12-26H2,1-10H3/t27-,28-,29+,31+,32+,33-,34-,35-,36-,37-,38+,39-,40-,41+,42-,43-,44+,45+,46-,47-,48-,49-,50+,51+,52+,53+,54+,55-,56-,57+,58-,59+,60-,61-,62-,63-,64-,65-,66-,67-,68-,69+,70+,71-,72+,73-,74+,75+,79+,80-,81-,82-/m1/s1. The molecule has 0 bridgehead atoms. The van der Waals surface area contributed by atoms with E-state index in [0.29, 0.717) is 38.5 Å². The summed E-state index contributed by atoms with van der Waals surface area (Å²) >= 11 is 0. The molecule has 14 aliphatic rings. The van der Waals surface area contributed by atoms with Crippen LogP contribution in [0.5, 0.6) is 0 Å². The van der Waals surface area contributed by atoms with Crippen LogP contribution < -0.4 is 0 Å². The maximum absolute atomic E-state index is 15.5. The molecule has 0 aromatic rings. The van der Waals surface area contributed by atoms with Crippen molar-refractivity contribution in [3.05, 3.63) is 11.6 Å². The van der Waals surface area contributed by atoms with E-state index in [-0.39, 0.29) is 30.1 Å². The summed E-state index contributed by atoms with van der Waals surface area (Å²) in [6.07, 6.45) is -69.1. The van der Waals surface area contributed by atoms with Crippen LogP contribution in [0.1, 0.15) is 127 Å². The van der Waals surface area contributed by atoms with Gasteiger partial charge < -0.3 is 213 Å². The summed E-state index contributed by atoms with van der Waals surface area (Å²) in [5, 5.41) is 276. The highest BCUT2D eigenvalue weighted by Crippen LogP contribution is 2.76. The number of carbonyl (C=O) groups is 1. The van der Waals surface area contributed by atoms with Gasteiger partial charge in [0.25, 0.3) is 0 Å². The second kappa shape index (κ2) is 38.2. The summed E-state index contributed by atoms with van der Waals surface area (Å²) in [5.74, 6) is -1.28. The van der Waals surface area contributed by atoms with E-state index in [1.54, 1.807) is 0 Å². The van der Waals surface area contributed by atoms with Crippen molar-refractivity contribution >= 4 is 5.97 Å². The molecule has 726 valence electrons. The molecule has 25 N–H and O–H groups in total. The van der Waals surface area contributed by atoms with Crippen molar-refractivity contribution in [1.82, 2.24) is 0 Å². The Morgan fingerprint density at radius 2 is 0.841 bits per heavy atom. The number of hydrogen-bond acceptors (Lipinski definition) is 44. The minimum absolute atomic E-state index is 0.0101. The molecule has 0 radical (unpaired) electrons. The molecule has 44 heteroatoms. The van der Waals surface area contributed by atoms with E-state index in [1.807, 2.05) is 13.8 Å². The second-order valence-corrected chi connectivity index (χ2v) is 39.5. The van der Waals surface area contributed by atoms with Crippen LogP contribution in [0, 0.1) is 50.2 Å². The third-order valence-electron chi connectivity index (χ3n) is 31.2. The normalized spacial score (nSPS) is 55.2. The Bertz CT molecular complexity index is 3650. The molecule has 0 spiro atoms. The molecule has 9 aliphatic heterocycles. The maximum atomic E-state index is 15.5. The quantitative estimate of drug-likeness (QED) is 0.0272. The van der Waals surface area contributed by atoms with Crippen molar-refractivity contribution in [1.29, 1.82) is 0 Å². The molecule has 0 aromatic heterocycles. The zero-order valence-corrected chi connectivity index (χ0v) is 71.8. The predicted molar refractivity (Wildman–Crippen MR) is 411 cm³/mol. The molecular formula is C82H134O44. The number of aliphatic hydroxyl groups is 25. The van der Waals surface area contributed by atoms with Crippen molar-refractivity contribution in [2.24, 2.45) is 50.2 Å². The minimum atomic E-state index is -2.07. The first-order chi connectivity index (χ1) is 59.1. The first-order valence-electron chi connectivity index (χ1n) is 43.9. The molecule has 0 unspecified atom stereocenters. The van der Waals surface area contributed by atoms with Crippen LogP contribution in [-0.4, -0.2) is 450 Å². The Morgan fingerprint density at radius 3 is 1.41 bits per heavy atom. The van der Waals surface area contributed by atoms with Crippen LogP contribution in [0.25, 0.3) is 0 Å². The number of hydrogen-bond donors (Lipinski definition) is 25. The molecule has 13 fully saturated rings. The lowest BCUT2D eigenvalue weighted by atomic mass is 9.33. The number of aliphatic hydroxyl groups excluding tert-OH is 25. The van der Waals surface area contributed by atoms with Gasteiger partial charge >= 0.3 is 5.97 Å². The van der Waals surface area contributed by atoms with Gasteiger partial charge in [-0.2, -0.15) is 0 Å². The second-order valence-electron chi connectivity index (χ2n) is 39.5. The molecule has 0 aromatic carbocycles. The molecule has 4 saturated carbocycles. The smallest absolute Gasteiger partial charge is 0.315 e. The monoisotopic (exact) mass is 1820 g/mol. The summed E-state index contributed by atoms with van der Waals surface area (Å²) < 4.78 is 106. The van der Waals surface area contributed by atoms with Gasteiger partial charge in [0.05, 0.1) is 75.6 Å². The Labute approximate surface area is 726 Å². The van der Waals surface area contributed by atoms with Gasteiger partial charge in [-0.15, -0.1) is 0 Å². The van der Waals surface area contributed by atoms with E-state index in [0.717, 1.165) is 12.0 Å². The van der Waals surface area contributed by atoms with Crippen molar-refractivity contribution in [3.63, 3.8) is 0 Å². The maximum Gasteiger partial charge on any atom is 0.315 e. The molecule has 52 atom stereocenters.